The lowest BCUT2D eigenvalue weighted by molar-refractivity contribution is 0.401. The van der Waals surface area contributed by atoms with Crippen molar-refractivity contribution in [3.05, 3.63) is 58.5 Å². The maximum absolute atomic E-state index is 4.59. The Morgan fingerprint density at radius 2 is 1.96 bits per heavy atom. The normalized spacial score (nSPS) is 11.0. The van der Waals surface area contributed by atoms with Gasteiger partial charge in [-0.1, -0.05) is 25.1 Å². The fourth-order valence-corrected chi connectivity index (χ4v) is 3.26. The van der Waals surface area contributed by atoms with Gasteiger partial charge in [-0.3, -0.25) is 0 Å². The second-order valence-electron chi connectivity index (χ2n) is 6.85. The molecule has 1 N–H and O–H groups in total. The Labute approximate surface area is 161 Å². The van der Waals surface area contributed by atoms with E-state index in [2.05, 4.69) is 78.7 Å². The van der Waals surface area contributed by atoms with Crippen LogP contribution in [0.4, 0.5) is 5.69 Å². The Hall–Kier alpha value is -2.11. The molecule has 0 radical (unpaired) electrons. The largest absolute Gasteiger partial charge is 0.378 e. The second kappa shape index (κ2) is 8.52. The predicted molar refractivity (Wildman–Crippen MR) is 110 cm³/mol. The number of anilines is 1. The minimum atomic E-state index is 0. The number of aryl methyl sites for hydroxylation is 3. The summed E-state index contributed by atoms with van der Waals surface area (Å²) in [6.45, 7) is 7.97. The Morgan fingerprint density at radius 1 is 1.19 bits per heavy atom. The van der Waals surface area contributed by atoms with Crippen LogP contribution in [-0.4, -0.2) is 33.6 Å². The number of rotatable bonds is 6. The van der Waals surface area contributed by atoms with Gasteiger partial charge in [-0.25, -0.2) is 9.50 Å². The summed E-state index contributed by atoms with van der Waals surface area (Å²) in [7, 11) is 4.15. The third-order valence-electron chi connectivity index (χ3n) is 4.44. The zero-order chi connectivity index (χ0) is 18.0. The molecule has 0 spiro atoms. The van der Waals surface area contributed by atoms with Gasteiger partial charge in [0, 0.05) is 19.3 Å². The summed E-state index contributed by atoms with van der Waals surface area (Å²) in [5, 5.41) is 8.10. The number of halogens is 1. The number of hydrogen-bond donors (Lipinski definition) is 1. The first-order chi connectivity index (χ1) is 12.0. The Kier molecular flexibility index (Phi) is 6.62. The van der Waals surface area contributed by atoms with Crippen LogP contribution in [0.5, 0.6) is 0 Å². The van der Waals surface area contributed by atoms with E-state index in [4.69, 9.17) is 0 Å². The van der Waals surface area contributed by atoms with E-state index >= 15 is 0 Å². The highest BCUT2D eigenvalue weighted by Gasteiger charge is 2.11. The minimum Gasteiger partial charge on any atom is -0.378 e. The lowest BCUT2D eigenvalue weighted by atomic mass is 10.00. The van der Waals surface area contributed by atoms with Crippen molar-refractivity contribution in [1.29, 1.82) is 0 Å². The molecule has 0 unspecified atom stereocenters. The molecule has 0 fully saturated rings. The number of nitrogens with one attached hydrogen (secondary N) is 1. The summed E-state index contributed by atoms with van der Waals surface area (Å²) in [5.74, 6) is 0.787. The number of hydrogen-bond acceptors (Lipinski definition) is 4. The van der Waals surface area contributed by atoms with Crippen LogP contribution in [0, 0.1) is 13.8 Å². The second-order valence-corrected chi connectivity index (χ2v) is 6.85. The monoisotopic (exact) mass is 373 g/mol. The molecule has 1 aromatic carbocycles. The van der Waals surface area contributed by atoms with E-state index in [0.29, 0.717) is 0 Å². The fourth-order valence-electron chi connectivity index (χ4n) is 3.26. The molecule has 0 amide bonds. The molecule has 140 valence electrons. The zero-order valence-electron chi connectivity index (χ0n) is 16.2. The summed E-state index contributed by atoms with van der Waals surface area (Å²) in [6.07, 6.45) is 3.10. The third-order valence-corrected chi connectivity index (χ3v) is 4.44. The Bertz CT molecular complexity index is 885. The molecule has 0 atom stereocenters. The van der Waals surface area contributed by atoms with Crippen LogP contribution in [0.1, 0.15) is 35.0 Å². The summed E-state index contributed by atoms with van der Waals surface area (Å²) in [4.78, 5) is 6.74. The third kappa shape index (κ3) is 4.34. The van der Waals surface area contributed by atoms with Gasteiger partial charge in [0.15, 0.2) is 5.65 Å². The highest BCUT2D eigenvalue weighted by atomic mass is 35.5. The first-order valence-corrected chi connectivity index (χ1v) is 8.79. The molecule has 6 heteroatoms. The summed E-state index contributed by atoms with van der Waals surface area (Å²) in [5.41, 5.74) is 7.22. The van der Waals surface area contributed by atoms with Crippen LogP contribution < -0.4 is 5.32 Å². The quantitative estimate of drug-likeness (QED) is 0.709. The van der Waals surface area contributed by atoms with Crippen molar-refractivity contribution in [3.63, 3.8) is 0 Å². The van der Waals surface area contributed by atoms with Crippen molar-refractivity contribution in [2.45, 2.75) is 40.3 Å². The van der Waals surface area contributed by atoms with Crippen LogP contribution in [0.3, 0.4) is 0 Å². The molecule has 2 heterocycles. The van der Waals surface area contributed by atoms with Gasteiger partial charge in [-0.05, 0) is 62.7 Å². The van der Waals surface area contributed by atoms with Gasteiger partial charge < -0.3 is 10.2 Å². The molecule has 0 saturated carbocycles. The van der Waals surface area contributed by atoms with Gasteiger partial charge >= 0.3 is 0 Å². The first kappa shape index (κ1) is 20.2. The van der Waals surface area contributed by atoms with E-state index in [1.807, 2.05) is 11.4 Å². The standard InChI is InChI=1S/C20H27N5.ClH/c1-6-17-9-7-8-14(2)18(17)11-21-19-10-16(12-24(4)5)13-25-20(19)22-15(3)23-25;/h7-10,13,21H,6,11-12H2,1-5H3;1H. The minimum absolute atomic E-state index is 0. The van der Waals surface area contributed by atoms with Gasteiger partial charge in [0.25, 0.3) is 0 Å². The fraction of sp³-hybridized carbons (Fsp3) is 0.400. The first-order valence-electron chi connectivity index (χ1n) is 8.79. The molecule has 0 aliphatic rings. The maximum atomic E-state index is 4.59. The summed E-state index contributed by atoms with van der Waals surface area (Å²) < 4.78 is 1.88. The van der Waals surface area contributed by atoms with Crippen LogP contribution >= 0.6 is 12.4 Å². The smallest absolute Gasteiger partial charge is 0.178 e. The molecule has 2 aromatic heterocycles. The van der Waals surface area contributed by atoms with Crippen molar-refractivity contribution in [2.75, 3.05) is 19.4 Å². The molecule has 3 aromatic rings. The lowest BCUT2D eigenvalue weighted by Crippen LogP contribution is -2.12. The Morgan fingerprint density at radius 3 is 2.65 bits per heavy atom. The maximum Gasteiger partial charge on any atom is 0.178 e. The SMILES string of the molecule is CCc1cccc(C)c1CNc1cc(CN(C)C)cn2nc(C)nc12.Cl. The van der Waals surface area contributed by atoms with Crippen LogP contribution in [0.25, 0.3) is 5.65 Å². The van der Waals surface area contributed by atoms with Gasteiger partial charge in [-0.15, -0.1) is 12.4 Å². The van der Waals surface area contributed by atoms with Gasteiger partial charge in [-0.2, -0.15) is 5.10 Å². The highest BCUT2D eigenvalue weighted by Crippen LogP contribution is 2.22. The number of fused-ring (bicyclic) bond motifs is 1. The van der Waals surface area contributed by atoms with E-state index in [0.717, 1.165) is 36.7 Å². The van der Waals surface area contributed by atoms with Crippen molar-refractivity contribution in [2.24, 2.45) is 0 Å². The average Bonchev–Trinajstić information content (AvgIpc) is 2.93. The average molecular weight is 374 g/mol. The number of aromatic nitrogens is 3. The molecule has 0 bridgehead atoms. The van der Waals surface area contributed by atoms with Crippen molar-refractivity contribution in [1.82, 2.24) is 19.5 Å². The van der Waals surface area contributed by atoms with Gasteiger partial charge in [0.2, 0.25) is 0 Å². The van der Waals surface area contributed by atoms with Crippen molar-refractivity contribution >= 4 is 23.7 Å². The number of nitrogens with zero attached hydrogens (tertiary/aromatic N) is 4. The molecule has 26 heavy (non-hydrogen) atoms. The van der Waals surface area contributed by atoms with E-state index in [-0.39, 0.29) is 12.4 Å². The Balaban J connectivity index is 0.00000243. The molecule has 0 saturated heterocycles. The van der Waals surface area contributed by atoms with Crippen molar-refractivity contribution < 1.29 is 0 Å². The molecule has 5 nitrogen and oxygen atoms in total. The highest BCUT2D eigenvalue weighted by molar-refractivity contribution is 5.85. The van der Waals surface area contributed by atoms with E-state index in [9.17, 15) is 0 Å². The molecular formula is C20H28ClN5. The summed E-state index contributed by atoms with van der Waals surface area (Å²) >= 11 is 0. The van der Waals surface area contributed by atoms with Gasteiger partial charge in [0.1, 0.15) is 5.82 Å². The number of pyridine rings is 1. The van der Waals surface area contributed by atoms with Gasteiger partial charge in [0.05, 0.1) is 5.69 Å². The van der Waals surface area contributed by atoms with E-state index in [1.165, 1.54) is 22.3 Å². The topological polar surface area (TPSA) is 45.5 Å². The van der Waals surface area contributed by atoms with Crippen LogP contribution in [0.15, 0.2) is 30.5 Å². The predicted octanol–water partition coefficient (Wildman–Crippen LogP) is 4.00. The van der Waals surface area contributed by atoms with E-state index in [1.54, 1.807) is 0 Å². The molecule has 0 aliphatic carbocycles. The lowest BCUT2D eigenvalue weighted by Gasteiger charge is -2.15. The molecule has 0 aliphatic heterocycles. The van der Waals surface area contributed by atoms with E-state index < -0.39 is 0 Å². The number of benzene rings is 1. The van der Waals surface area contributed by atoms with Crippen molar-refractivity contribution in [3.8, 4) is 0 Å². The molecular weight excluding hydrogens is 346 g/mol. The van der Waals surface area contributed by atoms with Crippen LogP contribution in [0.2, 0.25) is 0 Å². The van der Waals surface area contributed by atoms with Crippen LogP contribution in [-0.2, 0) is 19.5 Å². The molecule has 3 rings (SSSR count). The zero-order valence-corrected chi connectivity index (χ0v) is 17.0. The summed E-state index contributed by atoms with van der Waals surface area (Å²) in [6, 6.07) is 8.71.